The van der Waals surface area contributed by atoms with E-state index >= 15 is 0 Å². The third-order valence-corrected chi connectivity index (χ3v) is 2.42. The summed E-state index contributed by atoms with van der Waals surface area (Å²) in [6.45, 7) is 1.99. The highest BCUT2D eigenvalue weighted by molar-refractivity contribution is 5.89. The molecule has 0 spiro atoms. The quantitative estimate of drug-likeness (QED) is 0.891. The first-order valence-corrected chi connectivity index (χ1v) is 5.39. The van der Waals surface area contributed by atoms with Crippen molar-refractivity contribution < 1.29 is 14.6 Å². The highest BCUT2D eigenvalue weighted by Gasteiger charge is 2.07. The van der Waals surface area contributed by atoms with Crippen LogP contribution in [0.1, 0.15) is 21.7 Å². The maximum Gasteiger partial charge on any atom is 0.335 e. The fourth-order valence-corrected chi connectivity index (χ4v) is 1.52. The minimum atomic E-state index is -0.939. The van der Waals surface area contributed by atoms with E-state index in [1.165, 1.54) is 6.07 Å². The Labute approximate surface area is 104 Å². The molecule has 0 unspecified atom stereocenters. The third kappa shape index (κ3) is 2.82. The van der Waals surface area contributed by atoms with Gasteiger partial charge in [0.2, 0.25) is 0 Å². The Morgan fingerprint density at radius 3 is 2.67 bits per heavy atom. The summed E-state index contributed by atoms with van der Waals surface area (Å²) in [5.41, 5.74) is 0.937. The molecule has 0 saturated heterocycles. The molecule has 0 aliphatic rings. The molecule has 0 aliphatic heterocycles. The number of nitrogens with zero attached hydrogens (tertiary/aromatic N) is 2. The Bertz CT molecular complexity index is 555. The molecule has 5 nitrogen and oxygen atoms in total. The van der Waals surface area contributed by atoms with Gasteiger partial charge >= 0.3 is 5.97 Å². The molecule has 92 valence electrons. The summed E-state index contributed by atoms with van der Waals surface area (Å²) < 4.78 is 5.49. The summed E-state index contributed by atoms with van der Waals surface area (Å²) in [7, 11) is 0. The predicted octanol–water partition coefficient (Wildman–Crippen LogP) is 2.06. The summed E-state index contributed by atoms with van der Waals surface area (Å²) >= 11 is 0. The van der Waals surface area contributed by atoms with Crippen LogP contribution in [0.4, 0.5) is 0 Å². The van der Waals surface area contributed by atoms with Crippen LogP contribution in [0, 0.1) is 6.92 Å². The van der Waals surface area contributed by atoms with E-state index in [0.29, 0.717) is 17.1 Å². The number of carboxylic acid groups (broad SMARTS) is 1. The average molecular weight is 244 g/mol. The minimum absolute atomic E-state index is 0.257. The molecule has 1 aromatic heterocycles. The second-order valence-corrected chi connectivity index (χ2v) is 3.74. The Morgan fingerprint density at radius 1 is 1.33 bits per heavy atom. The Kier molecular flexibility index (Phi) is 3.52. The molecular formula is C13H12N2O3. The van der Waals surface area contributed by atoms with Gasteiger partial charge in [0.05, 0.1) is 5.56 Å². The summed E-state index contributed by atoms with van der Waals surface area (Å²) in [6, 6.07) is 6.57. The third-order valence-electron chi connectivity index (χ3n) is 2.42. The Hall–Kier alpha value is -2.43. The van der Waals surface area contributed by atoms with Crippen molar-refractivity contribution in [3.05, 3.63) is 53.6 Å². The molecule has 0 bridgehead atoms. The van der Waals surface area contributed by atoms with Gasteiger partial charge in [-0.05, 0) is 36.8 Å². The van der Waals surface area contributed by atoms with Gasteiger partial charge in [-0.25, -0.2) is 14.8 Å². The average Bonchev–Trinajstić information content (AvgIpc) is 2.37. The molecule has 18 heavy (non-hydrogen) atoms. The van der Waals surface area contributed by atoms with E-state index in [-0.39, 0.29) is 12.2 Å². The van der Waals surface area contributed by atoms with Crippen LogP contribution in [0.5, 0.6) is 5.75 Å². The lowest BCUT2D eigenvalue weighted by Crippen LogP contribution is -2.03. The lowest BCUT2D eigenvalue weighted by molar-refractivity contribution is 0.0696. The fraction of sp³-hybridized carbons (Fsp3) is 0.154. The van der Waals surface area contributed by atoms with Crippen LogP contribution < -0.4 is 4.74 Å². The maximum atomic E-state index is 10.9. The van der Waals surface area contributed by atoms with E-state index in [1.807, 2.05) is 0 Å². The number of carbonyl (C=O) groups is 1. The number of hydrogen-bond acceptors (Lipinski definition) is 4. The molecule has 5 heteroatoms. The zero-order valence-corrected chi connectivity index (χ0v) is 9.83. The fourth-order valence-electron chi connectivity index (χ4n) is 1.52. The van der Waals surface area contributed by atoms with Gasteiger partial charge in [0.1, 0.15) is 12.4 Å². The highest BCUT2D eigenvalue weighted by atomic mass is 16.5. The number of rotatable bonds is 4. The van der Waals surface area contributed by atoms with Crippen LogP contribution in [-0.4, -0.2) is 21.0 Å². The van der Waals surface area contributed by atoms with Crippen LogP contribution in [0.15, 0.2) is 36.7 Å². The van der Waals surface area contributed by atoms with Gasteiger partial charge in [0.25, 0.3) is 0 Å². The van der Waals surface area contributed by atoms with E-state index in [9.17, 15) is 4.79 Å². The van der Waals surface area contributed by atoms with Gasteiger partial charge < -0.3 is 9.84 Å². The molecule has 0 radical (unpaired) electrons. The van der Waals surface area contributed by atoms with Crippen LogP contribution in [0.25, 0.3) is 0 Å². The number of ether oxygens (including phenoxy) is 1. The van der Waals surface area contributed by atoms with Crippen molar-refractivity contribution in [3.63, 3.8) is 0 Å². The number of carboxylic acids is 1. The Balaban J connectivity index is 2.07. The maximum absolute atomic E-state index is 10.9. The molecule has 1 aromatic carbocycles. The number of benzene rings is 1. The molecule has 0 saturated carbocycles. The van der Waals surface area contributed by atoms with Crippen LogP contribution in [0.2, 0.25) is 0 Å². The first-order chi connectivity index (χ1) is 8.66. The van der Waals surface area contributed by atoms with Crippen molar-refractivity contribution >= 4 is 5.97 Å². The molecule has 0 aliphatic carbocycles. The topological polar surface area (TPSA) is 72.3 Å². The van der Waals surface area contributed by atoms with E-state index in [0.717, 1.165) is 0 Å². The van der Waals surface area contributed by atoms with E-state index in [2.05, 4.69) is 9.97 Å². The van der Waals surface area contributed by atoms with Gasteiger partial charge in [-0.1, -0.05) is 0 Å². The molecule has 1 N–H and O–H groups in total. The lowest BCUT2D eigenvalue weighted by atomic mass is 10.1. The zero-order chi connectivity index (χ0) is 13.0. The highest BCUT2D eigenvalue weighted by Crippen LogP contribution is 2.17. The molecule has 2 aromatic rings. The number of aromatic carboxylic acids is 1. The first kappa shape index (κ1) is 12.0. The summed E-state index contributed by atoms with van der Waals surface area (Å²) in [5.74, 6) is 0.243. The zero-order valence-electron chi connectivity index (χ0n) is 9.83. The first-order valence-electron chi connectivity index (χ1n) is 5.39. The lowest BCUT2D eigenvalue weighted by Gasteiger charge is -2.07. The number of aromatic nitrogens is 2. The second-order valence-electron chi connectivity index (χ2n) is 3.74. The van der Waals surface area contributed by atoms with Crippen molar-refractivity contribution in [3.8, 4) is 5.75 Å². The van der Waals surface area contributed by atoms with Crippen molar-refractivity contribution in [1.82, 2.24) is 9.97 Å². The summed E-state index contributed by atoms with van der Waals surface area (Å²) in [6.07, 6.45) is 3.29. The van der Waals surface area contributed by atoms with E-state index in [1.54, 1.807) is 37.5 Å². The summed E-state index contributed by atoms with van der Waals surface area (Å²) in [4.78, 5) is 18.9. The van der Waals surface area contributed by atoms with Crippen molar-refractivity contribution in [1.29, 1.82) is 0 Å². The second kappa shape index (κ2) is 5.27. The van der Waals surface area contributed by atoms with Gasteiger partial charge in [-0.2, -0.15) is 0 Å². The van der Waals surface area contributed by atoms with Gasteiger partial charge in [0, 0.05) is 12.4 Å². The summed E-state index contributed by atoms with van der Waals surface area (Å²) in [5, 5.41) is 8.90. The standard InChI is InChI=1S/C13H12N2O3/c1-9-7-10(3-4-11(9)13(16)17)18-8-12-14-5-2-6-15-12/h2-7H,8H2,1H3,(H,16,17). The van der Waals surface area contributed by atoms with Crippen LogP contribution >= 0.6 is 0 Å². The molecular weight excluding hydrogens is 232 g/mol. The molecule has 0 amide bonds. The molecule has 0 atom stereocenters. The largest absolute Gasteiger partial charge is 0.486 e. The van der Waals surface area contributed by atoms with Gasteiger partial charge in [0.15, 0.2) is 5.82 Å². The van der Waals surface area contributed by atoms with Crippen molar-refractivity contribution in [2.24, 2.45) is 0 Å². The van der Waals surface area contributed by atoms with E-state index < -0.39 is 5.97 Å². The van der Waals surface area contributed by atoms with E-state index in [4.69, 9.17) is 9.84 Å². The SMILES string of the molecule is Cc1cc(OCc2ncccn2)ccc1C(=O)O. The van der Waals surface area contributed by atoms with Crippen LogP contribution in [0.3, 0.4) is 0 Å². The Morgan fingerprint density at radius 2 is 2.06 bits per heavy atom. The van der Waals surface area contributed by atoms with Crippen LogP contribution in [-0.2, 0) is 6.61 Å². The molecule has 2 rings (SSSR count). The number of hydrogen-bond donors (Lipinski definition) is 1. The van der Waals surface area contributed by atoms with Gasteiger partial charge in [-0.15, -0.1) is 0 Å². The van der Waals surface area contributed by atoms with Crippen molar-refractivity contribution in [2.45, 2.75) is 13.5 Å². The van der Waals surface area contributed by atoms with Crippen molar-refractivity contribution in [2.75, 3.05) is 0 Å². The number of aryl methyl sites for hydroxylation is 1. The molecule has 0 fully saturated rings. The normalized spacial score (nSPS) is 10.1. The minimum Gasteiger partial charge on any atom is -0.486 e. The predicted molar refractivity (Wildman–Crippen MR) is 64.5 cm³/mol. The van der Waals surface area contributed by atoms with Gasteiger partial charge in [-0.3, -0.25) is 0 Å². The smallest absolute Gasteiger partial charge is 0.335 e. The molecule has 1 heterocycles. The monoisotopic (exact) mass is 244 g/mol.